The van der Waals surface area contributed by atoms with Crippen molar-refractivity contribution in [1.82, 2.24) is 4.90 Å². The quantitative estimate of drug-likeness (QED) is 0.881. The zero-order valence-electron chi connectivity index (χ0n) is 12.3. The van der Waals surface area contributed by atoms with E-state index in [1.54, 1.807) is 30.0 Å². The van der Waals surface area contributed by atoms with Crippen LogP contribution in [-0.4, -0.2) is 35.8 Å². The molecule has 5 nitrogen and oxygen atoms in total. The van der Waals surface area contributed by atoms with Gasteiger partial charge in [0.15, 0.2) is 0 Å². The molecule has 7 heteroatoms. The van der Waals surface area contributed by atoms with E-state index in [4.69, 9.17) is 28.9 Å². The molecule has 1 fully saturated rings. The lowest BCUT2D eigenvalue weighted by Gasteiger charge is -2.26. The summed E-state index contributed by atoms with van der Waals surface area (Å²) in [5.74, 6) is -0.591. The van der Waals surface area contributed by atoms with Crippen molar-refractivity contribution in [2.75, 3.05) is 18.4 Å². The van der Waals surface area contributed by atoms with Crippen molar-refractivity contribution in [3.05, 3.63) is 28.2 Å². The molecule has 2 rings (SSSR count). The molecular formula is C15H19Cl2N3O2. The maximum atomic E-state index is 12.4. The molecule has 0 radical (unpaired) electrons. The fraction of sp³-hybridized carbons (Fsp3) is 0.467. The number of benzene rings is 1. The third-order valence-electron chi connectivity index (χ3n) is 3.74. The Labute approximate surface area is 139 Å². The van der Waals surface area contributed by atoms with Gasteiger partial charge in [0.05, 0.1) is 0 Å². The number of nitrogens with one attached hydrogen (secondary N) is 1. The van der Waals surface area contributed by atoms with Crippen LogP contribution in [0.25, 0.3) is 0 Å². The monoisotopic (exact) mass is 343 g/mol. The Morgan fingerprint density at radius 3 is 2.59 bits per heavy atom. The summed E-state index contributed by atoms with van der Waals surface area (Å²) in [5, 5.41) is 3.66. The number of nitrogens with two attached hydrogens (primary N) is 1. The van der Waals surface area contributed by atoms with Crippen LogP contribution in [0.2, 0.25) is 10.0 Å². The molecule has 2 amide bonds. The average molecular weight is 344 g/mol. The largest absolute Gasteiger partial charge is 0.330 e. The molecule has 1 aromatic rings. The highest BCUT2D eigenvalue weighted by atomic mass is 35.5. The molecule has 0 spiro atoms. The lowest BCUT2D eigenvalue weighted by molar-refractivity contribution is -0.139. The fourth-order valence-corrected chi connectivity index (χ4v) is 3.06. The summed E-state index contributed by atoms with van der Waals surface area (Å²) in [5.41, 5.74) is 6.06. The van der Waals surface area contributed by atoms with E-state index in [2.05, 4.69) is 5.32 Å². The van der Waals surface area contributed by atoms with E-state index >= 15 is 0 Å². The second-order valence-corrected chi connectivity index (χ2v) is 6.35. The van der Waals surface area contributed by atoms with Gasteiger partial charge in [-0.3, -0.25) is 9.59 Å². The highest BCUT2D eigenvalue weighted by Crippen LogP contribution is 2.25. The van der Waals surface area contributed by atoms with Crippen LogP contribution in [0.3, 0.4) is 0 Å². The molecule has 0 bridgehead atoms. The van der Waals surface area contributed by atoms with Gasteiger partial charge < -0.3 is 16.0 Å². The smallest absolute Gasteiger partial charge is 0.247 e. The predicted molar refractivity (Wildman–Crippen MR) is 88.0 cm³/mol. The van der Waals surface area contributed by atoms with Crippen molar-refractivity contribution >= 4 is 40.7 Å². The molecule has 2 unspecified atom stereocenters. The molecule has 1 heterocycles. The van der Waals surface area contributed by atoms with Gasteiger partial charge in [0.2, 0.25) is 11.8 Å². The summed E-state index contributed by atoms with van der Waals surface area (Å²) in [7, 11) is 0. The Hall–Kier alpha value is -1.30. The van der Waals surface area contributed by atoms with Crippen LogP contribution in [-0.2, 0) is 9.59 Å². The molecule has 1 aromatic carbocycles. The van der Waals surface area contributed by atoms with Crippen LogP contribution in [0.15, 0.2) is 18.2 Å². The van der Waals surface area contributed by atoms with Crippen molar-refractivity contribution in [2.24, 2.45) is 11.7 Å². The summed E-state index contributed by atoms with van der Waals surface area (Å²) in [6.07, 6.45) is 1.45. The summed E-state index contributed by atoms with van der Waals surface area (Å²) in [6.45, 7) is 2.62. The zero-order chi connectivity index (χ0) is 16.3. The van der Waals surface area contributed by atoms with Crippen molar-refractivity contribution in [3.63, 3.8) is 0 Å². The van der Waals surface area contributed by atoms with E-state index in [1.165, 1.54) is 0 Å². The van der Waals surface area contributed by atoms with E-state index in [0.29, 0.717) is 28.7 Å². The summed E-state index contributed by atoms with van der Waals surface area (Å²) >= 11 is 11.8. The second kappa shape index (κ2) is 7.31. The van der Waals surface area contributed by atoms with Gasteiger partial charge in [0.25, 0.3) is 0 Å². The number of anilines is 1. The van der Waals surface area contributed by atoms with E-state index < -0.39 is 6.04 Å². The van der Waals surface area contributed by atoms with Crippen LogP contribution < -0.4 is 11.1 Å². The first-order valence-electron chi connectivity index (χ1n) is 7.20. The molecule has 1 saturated heterocycles. The van der Waals surface area contributed by atoms with Crippen LogP contribution in [0, 0.1) is 5.92 Å². The summed E-state index contributed by atoms with van der Waals surface area (Å²) in [6, 6.07) is 4.36. The lowest BCUT2D eigenvalue weighted by Crippen LogP contribution is -2.46. The predicted octanol–water partition coefficient (Wildman–Crippen LogP) is 2.52. The Bertz CT molecular complexity index is 560. The molecule has 2 atom stereocenters. The van der Waals surface area contributed by atoms with E-state index in [0.717, 1.165) is 6.42 Å². The summed E-state index contributed by atoms with van der Waals surface area (Å²) in [4.78, 5) is 26.3. The SMILES string of the molecule is CC(CN)C(=O)N1CCCC1C(=O)Nc1cc(Cl)cc(Cl)c1. The third-order valence-corrected chi connectivity index (χ3v) is 4.18. The first kappa shape index (κ1) is 17.1. The minimum atomic E-state index is -0.473. The number of nitrogens with zero attached hydrogens (tertiary/aromatic N) is 1. The number of hydrogen-bond donors (Lipinski definition) is 2. The Morgan fingerprint density at radius 1 is 1.36 bits per heavy atom. The summed E-state index contributed by atoms with van der Waals surface area (Å²) < 4.78 is 0. The Kier molecular flexibility index (Phi) is 5.67. The van der Waals surface area contributed by atoms with E-state index in [1.807, 2.05) is 0 Å². The van der Waals surface area contributed by atoms with Gasteiger partial charge in [-0.15, -0.1) is 0 Å². The topological polar surface area (TPSA) is 75.4 Å². The van der Waals surface area contributed by atoms with Crippen molar-refractivity contribution in [3.8, 4) is 0 Å². The molecule has 0 aliphatic carbocycles. The lowest BCUT2D eigenvalue weighted by atomic mass is 10.1. The highest BCUT2D eigenvalue weighted by Gasteiger charge is 2.35. The molecular weight excluding hydrogens is 325 g/mol. The van der Waals surface area contributed by atoms with Crippen LogP contribution in [0.1, 0.15) is 19.8 Å². The van der Waals surface area contributed by atoms with Crippen LogP contribution in [0.4, 0.5) is 5.69 Å². The Morgan fingerprint density at radius 2 is 2.00 bits per heavy atom. The number of carbonyl (C=O) groups is 2. The van der Waals surface area contributed by atoms with Gasteiger partial charge in [-0.1, -0.05) is 30.1 Å². The standard InChI is InChI=1S/C15H19Cl2N3O2/c1-9(8-18)15(22)20-4-2-3-13(20)14(21)19-12-6-10(16)5-11(17)7-12/h5-7,9,13H,2-4,8,18H2,1H3,(H,19,21). The fourth-order valence-electron chi connectivity index (χ4n) is 2.54. The molecule has 3 N–H and O–H groups in total. The zero-order valence-corrected chi connectivity index (χ0v) is 13.8. The minimum absolute atomic E-state index is 0.0794. The molecule has 1 aliphatic rings. The van der Waals surface area contributed by atoms with E-state index in [9.17, 15) is 9.59 Å². The number of rotatable bonds is 4. The third kappa shape index (κ3) is 3.91. The first-order valence-corrected chi connectivity index (χ1v) is 7.95. The van der Waals surface area contributed by atoms with E-state index in [-0.39, 0.29) is 24.3 Å². The van der Waals surface area contributed by atoms with Gasteiger partial charge in [0.1, 0.15) is 6.04 Å². The molecule has 22 heavy (non-hydrogen) atoms. The first-order chi connectivity index (χ1) is 10.4. The van der Waals surface area contributed by atoms with Gasteiger partial charge >= 0.3 is 0 Å². The molecule has 0 aromatic heterocycles. The van der Waals surface area contributed by atoms with Crippen molar-refractivity contribution in [1.29, 1.82) is 0 Å². The Balaban J connectivity index is 2.09. The highest BCUT2D eigenvalue weighted by molar-refractivity contribution is 6.35. The number of likely N-dealkylation sites (tertiary alicyclic amines) is 1. The van der Waals surface area contributed by atoms with Crippen LogP contribution >= 0.6 is 23.2 Å². The molecule has 120 valence electrons. The normalized spacial score (nSPS) is 19.1. The van der Waals surface area contributed by atoms with Gasteiger partial charge in [-0.25, -0.2) is 0 Å². The van der Waals surface area contributed by atoms with Gasteiger partial charge in [-0.05, 0) is 31.0 Å². The minimum Gasteiger partial charge on any atom is -0.330 e. The average Bonchev–Trinajstić information content (AvgIpc) is 2.93. The number of hydrogen-bond acceptors (Lipinski definition) is 3. The van der Waals surface area contributed by atoms with Crippen molar-refractivity contribution < 1.29 is 9.59 Å². The molecule has 1 aliphatic heterocycles. The number of carbonyl (C=O) groups excluding carboxylic acids is 2. The van der Waals surface area contributed by atoms with Crippen molar-refractivity contribution in [2.45, 2.75) is 25.8 Å². The number of amides is 2. The maximum absolute atomic E-state index is 12.4. The number of halogens is 2. The van der Waals surface area contributed by atoms with Gasteiger partial charge in [-0.2, -0.15) is 0 Å². The molecule has 0 saturated carbocycles. The van der Waals surface area contributed by atoms with Gasteiger partial charge in [0, 0.05) is 34.7 Å². The van der Waals surface area contributed by atoms with Crippen LogP contribution in [0.5, 0.6) is 0 Å². The second-order valence-electron chi connectivity index (χ2n) is 5.47. The maximum Gasteiger partial charge on any atom is 0.247 e.